The third-order valence-electron chi connectivity index (χ3n) is 2.67. The van der Waals surface area contributed by atoms with Gasteiger partial charge in [-0.1, -0.05) is 13.3 Å². The van der Waals surface area contributed by atoms with E-state index in [4.69, 9.17) is 10.5 Å². The number of aliphatic hydroxyl groups excluding tert-OH is 1. The van der Waals surface area contributed by atoms with Crippen LogP contribution in [0.4, 0.5) is 0 Å². The number of ether oxygens (including phenoxy) is 1. The summed E-state index contributed by atoms with van der Waals surface area (Å²) in [5, 5.41) is 11.6. The number of rotatable bonds is 8. The highest BCUT2D eigenvalue weighted by Crippen LogP contribution is 2.12. The lowest BCUT2D eigenvalue weighted by Crippen LogP contribution is -2.39. The first-order valence-electron chi connectivity index (χ1n) is 6.53. The second kappa shape index (κ2) is 8.16. The molecule has 110 valence electrons. The second-order valence-electron chi connectivity index (χ2n) is 4.35. The summed E-state index contributed by atoms with van der Waals surface area (Å²) in [6.07, 6.45) is 0.659. The van der Waals surface area contributed by atoms with E-state index in [1.54, 1.807) is 24.3 Å². The van der Waals surface area contributed by atoms with Crippen molar-refractivity contribution in [3.05, 3.63) is 29.8 Å². The summed E-state index contributed by atoms with van der Waals surface area (Å²) in [4.78, 5) is 22.4. The molecule has 4 N–H and O–H groups in total. The number of nitrogens with one attached hydrogen (secondary N) is 1. The molecule has 0 saturated carbocycles. The quantitative estimate of drug-likeness (QED) is 0.601. The van der Waals surface area contributed by atoms with Crippen LogP contribution in [0.3, 0.4) is 0 Å². The van der Waals surface area contributed by atoms with E-state index in [9.17, 15) is 14.7 Å². The molecule has 1 aromatic rings. The van der Waals surface area contributed by atoms with Crippen LogP contribution in [0.25, 0.3) is 0 Å². The second-order valence-corrected chi connectivity index (χ2v) is 4.35. The van der Waals surface area contributed by atoms with Crippen LogP contribution in [0.2, 0.25) is 0 Å². The van der Waals surface area contributed by atoms with Crippen LogP contribution in [0.5, 0.6) is 5.75 Å². The summed E-state index contributed by atoms with van der Waals surface area (Å²) < 4.78 is 5.48. The first kappa shape index (κ1) is 16.0. The number of primary amides is 1. The van der Waals surface area contributed by atoms with Crippen LogP contribution in [0.1, 0.15) is 30.1 Å². The van der Waals surface area contributed by atoms with Gasteiger partial charge in [-0.05, 0) is 30.7 Å². The maximum atomic E-state index is 11.7. The minimum atomic E-state index is -1.38. The summed E-state index contributed by atoms with van der Waals surface area (Å²) in [6, 6.07) is 6.64. The molecule has 20 heavy (non-hydrogen) atoms. The molecule has 0 aliphatic carbocycles. The molecule has 0 radical (unpaired) electrons. The van der Waals surface area contributed by atoms with Gasteiger partial charge in [0.1, 0.15) is 11.9 Å². The van der Waals surface area contributed by atoms with Gasteiger partial charge in [-0.15, -0.1) is 0 Å². The van der Waals surface area contributed by atoms with Crippen molar-refractivity contribution < 1.29 is 19.4 Å². The molecule has 0 aliphatic rings. The zero-order valence-electron chi connectivity index (χ0n) is 11.5. The van der Waals surface area contributed by atoms with Crippen LogP contribution < -0.4 is 15.8 Å². The minimum absolute atomic E-state index is 0.205. The monoisotopic (exact) mass is 280 g/mol. The van der Waals surface area contributed by atoms with E-state index in [0.29, 0.717) is 17.9 Å². The van der Waals surface area contributed by atoms with E-state index in [-0.39, 0.29) is 12.5 Å². The van der Waals surface area contributed by atoms with Gasteiger partial charge in [-0.25, -0.2) is 0 Å². The van der Waals surface area contributed by atoms with Gasteiger partial charge in [-0.3, -0.25) is 9.59 Å². The third-order valence-corrected chi connectivity index (χ3v) is 2.67. The number of nitrogens with two attached hydrogens (primary N) is 1. The highest BCUT2D eigenvalue weighted by molar-refractivity contribution is 5.94. The Balaban J connectivity index is 2.46. The summed E-state index contributed by atoms with van der Waals surface area (Å²) in [7, 11) is 0. The van der Waals surface area contributed by atoms with E-state index in [0.717, 1.165) is 12.8 Å². The van der Waals surface area contributed by atoms with Gasteiger partial charge in [0.25, 0.3) is 5.91 Å². The van der Waals surface area contributed by atoms with E-state index in [1.165, 1.54) is 0 Å². The average Bonchev–Trinajstić information content (AvgIpc) is 2.45. The Kier molecular flexibility index (Phi) is 6.52. The number of carbonyl (C=O) groups excluding carboxylic acids is 2. The molecule has 0 saturated heterocycles. The van der Waals surface area contributed by atoms with Crippen LogP contribution in [0.15, 0.2) is 24.3 Å². The van der Waals surface area contributed by atoms with E-state index < -0.39 is 12.0 Å². The van der Waals surface area contributed by atoms with Gasteiger partial charge in [0, 0.05) is 5.56 Å². The summed E-state index contributed by atoms with van der Waals surface area (Å²) in [5.74, 6) is -0.553. The van der Waals surface area contributed by atoms with Gasteiger partial charge in [0.15, 0.2) is 0 Å². The Morgan fingerprint density at radius 2 is 2.00 bits per heavy atom. The topological polar surface area (TPSA) is 102 Å². The van der Waals surface area contributed by atoms with Crippen LogP contribution in [-0.2, 0) is 4.79 Å². The third kappa shape index (κ3) is 5.27. The van der Waals surface area contributed by atoms with Gasteiger partial charge in [0.05, 0.1) is 13.2 Å². The van der Waals surface area contributed by atoms with Gasteiger partial charge in [0.2, 0.25) is 5.91 Å². The lowest BCUT2D eigenvalue weighted by Gasteiger charge is -2.09. The number of benzene rings is 1. The van der Waals surface area contributed by atoms with Crippen molar-refractivity contribution in [2.75, 3.05) is 13.2 Å². The predicted molar refractivity (Wildman–Crippen MR) is 74.4 cm³/mol. The maximum Gasteiger partial charge on any atom is 0.251 e. The van der Waals surface area contributed by atoms with Gasteiger partial charge in [-0.2, -0.15) is 0 Å². The Morgan fingerprint density at radius 1 is 1.35 bits per heavy atom. The summed E-state index contributed by atoms with van der Waals surface area (Å²) in [6.45, 7) is 2.52. The standard InChI is InChI=1S/C14H20N2O4/c1-2-3-8-20-11-6-4-10(5-7-11)14(19)16-9-12(17)13(15)18/h4-7,12,17H,2-3,8-9H2,1H3,(H2,15,18)(H,16,19). The maximum absolute atomic E-state index is 11.7. The molecule has 0 spiro atoms. The van der Waals surface area contributed by atoms with Crippen molar-refractivity contribution in [3.63, 3.8) is 0 Å². The zero-order chi connectivity index (χ0) is 15.0. The Hall–Kier alpha value is -2.08. The van der Waals surface area contributed by atoms with Crippen LogP contribution >= 0.6 is 0 Å². The Morgan fingerprint density at radius 3 is 2.55 bits per heavy atom. The van der Waals surface area contributed by atoms with Crippen molar-refractivity contribution >= 4 is 11.8 Å². The smallest absolute Gasteiger partial charge is 0.251 e. The molecule has 0 aromatic heterocycles. The van der Waals surface area contributed by atoms with Crippen LogP contribution in [0, 0.1) is 0 Å². The van der Waals surface area contributed by atoms with Crippen molar-refractivity contribution in [2.45, 2.75) is 25.9 Å². The molecule has 0 fully saturated rings. The molecule has 0 bridgehead atoms. The molecule has 0 aliphatic heterocycles. The molecule has 1 rings (SSSR count). The SMILES string of the molecule is CCCCOc1ccc(C(=O)NCC(O)C(N)=O)cc1. The lowest BCUT2D eigenvalue weighted by molar-refractivity contribution is -0.125. The van der Waals surface area contributed by atoms with E-state index >= 15 is 0 Å². The van der Waals surface area contributed by atoms with Crippen molar-refractivity contribution in [3.8, 4) is 5.75 Å². The van der Waals surface area contributed by atoms with Crippen molar-refractivity contribution in [2.24, 2.45) is 5.73 Å². The average molecular weight is 280 g/mol. The van der Waals surface area contributed by atoms with E-state index in [2.05, 4.69) is 12.2 Å². The fourth-order valence-electron chi connectivity index (χ4n) is 1.43. The summed E-state index contributed by atoms with van der Waals surface area (Å²) in [5.41, 5.74) is 5.30. The highest BCUT2D eigenvalue weighted by Gasteiger charge is 2.13. The zero-order valence-corrected chi connectivity index (χ0v) is 11.5. The molecule has 2 amide bonds. The van der Waals surface area contributed by atoms with Gasteiger partial charge < -0.3 is 20.9 Å². The molecule has 1 atom stereocenters. The predicted octanol–water partition coefficient (Wildman–Crippen LogP) is 0.442. The molecule has 1 aromatic carbocycles. The number of hydrogen-bond donors (Lipinski definition) is 3. The Bertz CT molecular complexity index is 445. The lowest BCUT2D eigenvalue weighted by atomic mass is 10.2. The number of aliphatic hydroxyl groups is 1. The fraction of sp³-hybridized carbons (Fsp3) is 0.429. The number of hydrogen-bond acceptors (Lipinski definition) is 4. The number of amides is 2. The normalized spacial score (nSPS) is 11.7. The molecular weight excluding hydrogens is 260 g/mol. The van der Waals surface area contributed by atoms with Crippen molar-refractivity contribution in [1.82, 2.24) is 5.32 Å². The minimum Gasteiger partial charge on any atom is -0.494 e. The highest BCUT2D eigenvalue weighted by atomic mass is 16.5. The molecule has 0 heterocycles. The first-order chi connectivity index (χ1) is 9.54. The van der Waals surface area contributed by atoms with Crippen LogP contribution in [-0.4, -0.2) is 36.2 Å². The molecule has 6 heteroatoms. The molecule has 1 unspecified atom stereocenters. The first-order valence-corrected chi connectivity index (χ1v) is 6.53. The molecular formula is C14H20N2O4. The van der Waals surface area contributed by atoms with Gasteiger partial charge >= 0.3 is 0 Å². The fourth-order valence-corrected chi connectivity index (χ4v) is 1.43. The number of carbonyl (C=O) groups is 2. The largest absolute Gasteiger partial charge is 0.494 e. The summed E-state index contributed by atoms with van der Waals surface area (Å²) >= 11 is 0. The van der Waals surface area contributed by atoms with Crippen molar-refractivity contribution in [1.29, 1.82) is 0 Å². The Labute approximate surface area is 117 Å². The number of unbranched alkanes of at least 4 members (excludes halogenated alkanes) is 1. The van der Waals surface area contributed by atoms with E-state index in [1.807, 2.05) is 0 Å². The molecule has 6 nitrogen and oxygen atoms in total.